The van der Waals surface area contributed by atoms with Crippen molar-refractivity contribution in [1.29, 1.82) is 0 Å². The largest absolute Gasteiger partial charge is 0.465 e. The molecular weight excluding hydrogens is 428 g/mol. The molecule has 0 aliphatic carbocycles. The highest BCUT2D eigenvalue weighted by atomic mass is 16.5. The summed E-state index contributed by atoms with van der Waals surface area (Å²) in [4.78, 5) is 20.9. The molecule has 0 saturated heterocycles. The number of anilines is 2. The SMILES string of the molecule is C=Cc1ccc(-c2ccc3c(NCc4ccc(C(=O)OC)cc4)nc(NCCO)nc3c2)cc1. The van der Waals surface area contributed by atoms with Crippen LogP contribution in [-0.2, 0) is 11.3 Å². The lowest BCUT2D eigenvalue weighted by molar-refractivity contribution is 0.0600. The molecule has 0 radical (unpaired) electrons. The molecule has 0 unspecified atom stereocenters. The van der Waals surface area contributed by atoms with E-state index in [0.29, 0.717) is 30.4 Å². The summed E-state index contributed by atoms with van der Waals surface area (Å²) in [7, 11) is 1.36. The van der Waals surface area contributed by atoms with Crippen molar-refractivity contribution in [3.05, 3.63) is 90.0 Å². The number of nitrogens with zero attached hydrogens (tertiary/aromatic N) is 2. The van der Waals surface area contributed by atoms with Gasteiger partial charge in [-0.15, -0.1) is 0 Å². The molecule has 0 aliphatic heterocycles. The lowest BCUT2D eigenvalue weighted by Crippen LogP contribution is -2.11. The molecule has 3 N–H and O–H groups in total. The van der Waals surface area contributed by atoms with Crippen LogP contribution in [0.3, 0.4) is 0 Å². The first kappa shape index (κ1) is 22.9. The molecule has 0 amide bonds. The number of hydrogen-bond acceptors (Lipinski definition) is 7. The second-order valence-electron chi connectivity index (χ2n) is 7.65. The smallest absolute Gasteiger partial charge is 0.337 e. The number of aromatic nitrogens is 2. The van der Waals surface area contributed by atoms with E-state index in [2.05, 4.69) is 39.3 Å². The highest BCUT2D eigenvalue weighted by molar-refractivity contribution is 5.93. The quantitative estimate of drug-likeness (QED) is 0.314. The highest BCUT2D eigenvalue weighted by Crippen LogP contribution is 2.28. The van der Waals surface area contributed by atoms with Crippen LogP contribution in [-0.4, -0.2) is 41.3 Å². The van der Waals surface area contributed by atoms with Gasteiger partial charge in [0.15, 0.2) is 0 Å². The van der Waals surface area contributed by atoms with Gasteiger partial charge in [0.25, 0.3) is 0 Å². The van der Waals surface area contributed by atoms with Gasteiger partial charge in [0.05, 0.1) is 24.8 Å². The molecule has 0 fully saturated rings. The summed E-state index contributed by atoms with van der Waals surface area (Å²) >= 11 is 0. The minimum absolute atomic E-state index is 0.0214. The van der Waals surface area contributed by atoms with Crippen molar-refractivity contribution in [2.24, 2.45) is 0 Å². The Morgan fingerprint density at radius 1 is 1.00 bits per heavy atom. The second-order valence-corrected chi connectivity index (χ2v) is 7.65. The van der Waals surface area contributed by atoms with E-state index < -0.39 is 0 Å². The molecule has 0 spiro atoms. The third kappa shape index (κ3) is 5.22. The number of benzene rings is 3. The summed E-state index contributed by atoms with van der Waals surface area (Å²) in [6.45, 7) is 4.64. The number of esters is 1. The maximum Gasteiger partial charge on any atom is 0.337 e. The van der Waals surface area contributed by atoms with Crippen molar-refractivity contribution in [2.45, 2.75) is 6.54 Å². The number of hydrogen-bond donors (Lipinski definition) is 3. The Balaban J connectivity index is 1.64. The number of carbonyl (C=O) groups excluding carboxylic acids is 1. The average Bonchev–Trinajstić information content (AvgIpc) is 2.90. The zero-order valence-electron chi connectivity index (χ0n) is 18.9. The Hall–Kier alpha value is -4.23. The van der Waals surface area contributed by atoms with Gasteiger partial charge in [-0.3, -0.25) is 0 Å². The monoisotopic (exact) mass is 454 g/mol. The Bertz CT molecular complexity index is 1300. The van der Waals surface area contributed by atoms with Crippen molar-refractivity contribution < 1.29 is 14.6 Å². The van der Waals surface area contributed by atoms with Gasteiger partial charge in [0.2, 0.25) is 5.95 Å². The van der Waals surface area contributed by atoms with Crippen LogP contribution >= 0.6 is 0 Å². The van der Waals surface area contributed by atoms with Crippen molar-refractivity contribution in [3.8, 4) is 11.1 Å². The molecule has 4 aromatic rings. The maximum atomic E-state index is 11.7. The Morgan fingerprint density at radius 3 is 2.41 bits per heavy atom. The van der Waals surface area contributed by atoms with E-state index in [9.17, 15) is 9.90 Å². The van der Waals surface area contributed by atoms with Crippen LogP contribution in [0.2, 0.25) is 0 Å². The fraction of sp³-hybridized carbons (Fsp3) is 0.148. The minimum Gasteiger partial charge on any atom is -0.465 e. The van der Waals surface area contributed by atoms with Crippen LogP contribution in [0.25, 0.3) is 28.1 Å². The molecule has 1 heterocycles. The van der Waals surface area contributed by atoms with E-state index in [4.69, 9.17) is 4.74 Å². The molecule has 0 atom stereocenters. The van der Waals surface area contributed by atoms with Crippen LogP contribution in [0.1, 0.15) is 21.5 Å². The molecule has 0 aliphatic rings. The number of carbonyl (C=O) groups is 1. The van der Waals surface area contributed by atoms with Crippen molar-refractivity contribution >= 4 is 34.7 Å². The number of aliphatic hydroxyl groups is 1. The first-order valence-electron chi connectivity index (χ1n) is 10.9. The molecule has 172 valence electrons. The van der Waals surface area contributed by atoms with Crippen molar-refractivity contribution in [3.63, 3.8) is 0 Å². The number of aliphatic hydroxyl groups excluding tert-OH is 1. The Labute approximate surface area is 198 Å². The van der Waals surface area contributed by atoms with Gasteiger partial charge in [0.1, 0.15) is 5.82 Å². The minimum atomic E-state index is -0.365. The van der Waals surface area contributed by atoms with E-state index in [-0.39, 0.29) is 12.6 Å². The van der Waals surface area contributed by atoms with Gasteiger partial charge in [0, 0.05) is 18.5 Å². The Morgan fingerprint density at radius 2 is 1.74 bits per heavy atom. The molecule has 7 nitrogen and oxygen atoms in total. The number of nitrogens with one attached hydrogen (secondary N) is 2. The fourth-order valence-electron chi connectivity index (χ4n) is 3.56. The summed E-state index contributed by atoms with van der Waals surface area (Å²) in [6.07, 6.45) is 1.82. The van der Waals surface area contributed by atoms with E-state index >= 15 is 0 Å². The first-order valence-corrected chi connectivity index (χ1v) is 10.9. The van der Waals surface area contributed by atoms with Crippen molar-refractivity contribution in [1.82, 2.24) is 9.97 Å². The van der Waals surface area contributed by atoms with E-state index in [1.807, 2.05) is 48.5 Å². The number of fused-ring (bicyclic) bond motifs is 1. The molecule has 34 heavy (non-hydrogen) atoms. The molecule has 1 aromatic heterocycles. The third-order valence-corrected chi connectivity index (χ3v) is 5.41. The van der Waals surface area contributed by atoms with Crippen LogP contribution in [0, 0.1) is 0 Å². The van der Waals surface area contributed by atoms with Gasteiger partial charge < -0.3 is 20.5 Å². The van der Waals surface area contributed by atoms with Crippen LogP contribution < -0.4 is 10.6 Å². The first-order chi connectivity index (χ1) is 16.6. The summed E-state index contributed by atoms with van der Waals surface area (Å²) in [5.41, 5.74) is 5.46. The zero-order chi connectivity index (χ0) is 23.9. The van der Waals surface area contributed by atoms with E-state index in [1.54, 1.807) is 12.1 Å². The summed E-state index contributed by atoms with van der Waals surface area (Å²) in [5, 5.41) is 16.5. The summed E-state index contributed by atoms with van der Waals surface area (Å²) in [6, 6.07) is 21.5. The lowest BCUT2D eigenvalue weighted by Gasteiger charge is -2.13. The molecule has 0 bridgehead atoms. The van der Waals surface area contributed by atoms with Crippen LogP contribution in [0.5, 0.6) is 0 Å². The number of rotatable bonds is 9. The number of ether oxygens (including phenoxy) is 1. The Kier molecular flexibility index (Phi) is 7.15. The van der Waals surface area contributed by atoms with Crippen molar-refractivity contribution in [2.75, 3.05) is 30.9 Å². The van der Waals surface area contributed by atoms with E-state index in [1.165, 1.54) is 7.11 Å². The van der Waals surface area contributed by atoms with Gasteiger partial charge in [-0.1, -0.05) is 55.1 Å². The van der Waals surface area contributed by atoms with Crippen LogP contribution in [0.15, 0.2) is 73.3 Å². The topological polar surface area (TPSA) is 96.4 Å². The van der Waals surface area contributed by atoms with E-state index in [0.717, 1.165) is 33.2 Å². The maximum absolute atomic E-state index is 11.7. The second kappa shape index (κ2) is 10.6. The predicted octanol–water partition coefficient (Wildman–Crippen LogP) is 4.74. The van der Waals surface area contributed by atoms with Gasteiger partial charge in [-0.25, -0.2) is 9.78 Å². The summed E-state index contributed by atoms with van der Waals surface area (Å²) in [5.74, 6) is 0.746. The van der Waals surface area contributed by atoms with Gasteiger partial charge >= 0.3 is 5.97 Å². The van der Waals surface area contributed by atoms with Crippen LogP contribution in [0.4, 0.5) is 11.8 Å². The molecule has 7 heteroatoms. The normalized spacial score (nSPS) is 10.6. The third-order valence-electron chi connectivity index (χ3n) is 5.41. The summed E-state index contributed by atoms with van der Waals surface area (Å²) < 4.78 is 4.75. The standard InChI is InChI=1S/C27H26N4O3/c1-3-18-4-8-20(9-5-18)22-12-13-23-24(16-22)30-27(28-14-15-32)31-25(23)29-17-19-6-10-21(11-7-19)26(33)34-2/h3-13,16,32H,1,14-15,17H2,2H3,(H2,28,29,30,31). The average molecular weight is 455 g/mol. The number of methoxy groups -OCH3 is 1. The van der Waals surface area contributed by atoms with Gasteiger partial charge in [-0.05, 0) is 46.5 Å². The lowest BCUT2D eigenvalue weighted by atomic mass is 10.0. The molecular formula is C27H26N4O3. The molecule has 3 aromatic carbocycles. The van der Waals surface area contributed by atoms with Gasteiger partial charge in [-0.2, -0.15) is 4.98 Å². The highest BCUT2D eigenvalue weighted by Gasteiger charge is 2.10. The molecule has 4 rings (SSSR count). The molecule has 0 saturated carbocycles. The zero-order valence-corrected chi connectivity index (χ0v) is 18.9. The fourth-order valence-corrected chi connectivity index (χ4v) is 3.56. The predicted molar refractivity (Wildman–Crippen MR) is 136 cm³/mol.